The zero-order valence-electron chi connectivity index (χ0n) is 15.3. The molecule has 1 spiro atoms. The fourth-order valence-corrected chi connectivity index (χ4v) is 7.91. The minimum Gasteiger partial charge on any atom is -0.481 e. The highest BCUT2D eigenvalue weighted by atomic mass is 16.4. The Morgan fingerprint density at radius 2 is 1.64 bits per heavy atom. The second-order valence-electron chi connectivity index (χ2n) is 9.94. The van der Waals surface area contributed by atoms with E-state index in [0.29, 0.717) is 32.1 Å². The van der Waals surface area contributed by atoms with Crippen LogP contribution < -0.4 is 0 Å². The molecule has 25 heavy (non-hydrogen) atoms. The summed E-state index contributed by atoms with van der Waals surface area (Å²) in [4.78, 5) is 24.7. The molecule has 0 radical (unpaired) electrons. The first-order valence-corrected chi connectivity index (χ1v) is 9.78. The van der Waals surface area contributed by atoms with Crippen LogP contribution in [0.25, 0.3) is 0 Å². The molecule has 2 bridgehead atoms. The molecule has 0 unspecified atom stereocenters. The van der Waals surface area contributed by atoms with Crippen molar-refractivity contribution in [2.75, 3.05) is 0 Å². The maximum atomic E-state index is 12.7. The Hall–Kier alpha value is -1.10. The average molecular weight is 350 g/mol. The topological polar surface area (TPSA) is 94.8 Å². The van der Waals surface area contributed by atoms with Crippen LogP contribution in [0.15, 0.2) is 0 Å². The molecule has 4 fully saturated rings. The molecule has 4 saturated carbocycles. The highest BCUT2D eigenvalue weighted by Crippen LogP contribution is 2.73. The van der Waals surface area contributed by atoms with Crippen LogP contribution in [-0.2, 0) is 9.59 Å². The Kier molecular flexibility index (Phi) is 3.46. The molecule has 0 aliphatic heterocycles. The summed E-state index contributed by atoms with van der Waals surface area (Å²) in [7, 11) is 0. The fourth-order valence-electron chi connectivity index (χ4n) is 7.91. The molecule has 5 nitrogen and oxygen atoms in total. The van der Waals surface area contributed by atoms with Gasteiger partial charge in [0.15, 0.2) is 0 Å². The first-order chi connectivity index (χ1) is 11.6. The molecule has 0 aromatic rings. The lowest BCUT2D eigenvalue weighted by atomic mass is 9.40. The van der Waals surface area contributed by atoms with Gasteiger partial charge in [-0.15, -0.1) is 0 Å². The Bertz CT molecular complexity index is 628. The number of carboxylic acids is 2. The van der Waals surface area contributed by atoms with Crippen molar-refractivity contribution in [1.82, 2.24) is 0 Å². The maximum absolute atomic E-state index is 12.7. The number of aliphatic hydroxyl groups is 1. The van der Waals surface area contributed by atoms with Gasteiger partial charge in [0.25, 0.3) is 0 Å². The Balaban J connectivity index is 1.83. The van der Waals surface area contributed by atoms with E-state index in [1.165, 1.54) is 0 Å². The minimum atomic E-state index is -0.948. The van der Waals surface area contributed by atoms with Crippen molar-refractivity contribution in [1.29, 1.82) is 0 Å². The van der Waals surface area contributed by atoms with Crippen LogP contribution in [0.1, 0.15) is 71.6 Å². The van der Waals surface area contributed by atoms with E-state index in [4.69, 9.17) is 0 Å². The molecule has 5 heteroatoms. The van der Waals surface area contributed by atoms with E-state index < -0.39 is 28.4 Å². The zero-order valence-corrected chi connectivity index (χ0v) is 15.3. The molecule has 140 valence electrons. The van der Waals surface area contributed by atoms with Crippen LogP contribution in [0.4, 0.5) is 0 Å². The van der Waals surface area contributed by atoms with Crippen molar-refractivity contribution < 1.29 is 24.9 Å². The average Bonchev–Trinajstić information content (AvgIpc) is 2.71. The predicted molar refractivity (Wildman–Crippen MR) is 90.9 cm³/mol. The second-order valence-corrected chi connectivity index (χ2v) is 9.94. The number of carbonyl (C=O) groups is 2. The SMILES string of the molecule is C[C@@]1(C(=O)O)CCC[C@@]2(C(=O)O)[C@@H]3CC[C@@H]4C[C@@]3(CC[C@@H]21)C[C@@]4(C)O. The number of rotatable bonds is 2. The number of hydrogen-bond donors (Lipinski definition) is 3. The van der Waals surface area contributed by atoms with E-state index in [1.54, 1.807) is 6.92 Å². The van der Waals surface area contributed by atoms with E-state index >= 15 is 0 Å². The van der Waals surface area contributed by atoms with Gasteiger partial charge in [0.05, 0.1) is 16.4 Å². The number of carboxylic acid groups (broad SMARTS) is 2. The standard InChI is InChI=1S/C20H30O5/c1-17(15(21)22)7-3-8-20(16(23)24)13(17)6-9-19-10-12(4-5-14(19)20)18(2,25)11-19/h12-14,25H,3-11H2,1-2H3,(H,21,22)(H,23,24)/t12-,13-,14-,17-,18-,19+,20+/m1/s1. The lowest BCUT2D eigenvalue weighted by molar-refractivity contribution is -0.202. The maximum Gasteiger partial charge on any atom is 0.310 e. The van der Waals surface area contributed by atoms with Gasteiger partial charge in [0.2, 0.25) is 0 Å². The molecule has 3 N–H and O–H groups in total. The van der Waals surface area contributed by atoms with E-state index in [-0.39, 0.29) is 23.2 Å². The lowest BCUT2D eigenvalue weighted by Crippen LogP contribution is -2.62. The van der Waals surface area contributed by atoms with Crippen LogP contribution in [-0.4, -0.2) is 32.9 Å². The molecule has 0 saturated heterocycles. The third-order valence-corrected chi connectivity index (χ3v) is 8.90. The summed E-state index contributed by atoms with van der Waals surface area (Å²) < 4.78 is 0. The van der Waals surface area contributed by atoms with Gasteiger partial charge in [-0.05, 0) is 88.4 Å². The Morgan fingerprint density at radius 3 is 2.28 bits per heavy atom. The van der Waals surface area contributed by atoms with Gasteiger partial charge in [-0.3, -0.25) is 9.59 Å². The molecule has 0 amide bonds. The predicted octanol–water partition coefficient (Wildman–Crippen LogP) is 3.30. The van der Waals surface area contributed by atoms with Crippen LogP contribution in [0, 0.1) is 34.0 Å². The van der Waals surface area contributed by atoms with Crippen molar-refractivity contribution in [3.05, 3.63) is 0 Å². The summed E-state index contributed by atoms with van der Waals surface area (Å²) in [6, 6.07) is 0. The molecular weight excluding hydrogens is 320 g/mol. The molecular formula is C20H30O5. The van der Waals surface area contributed by atoms with Crippen LogP contribution >= 0.6 is 0 Å². The third kappa shape index (κ3) is 1.99. The van der Waals surface area contributed by atoms with E-state index in [1.807, 2.05) is 6.92 Å². The van der Waals surface area contributed by atoms with Crippen molar-refractivity contribution in [3.8, 4) is 0 Å². The first kappa shape index (κ1) is 17.3. The van der Waals surface area contributed by atoms with Crippen molar-refractivity contribution in [3.63, 3.8) is 0 Å². The third-order valence-electron chi connectivity index (χ3n) is 8.90. The smallest absolute Gasteiger partial charge is 0.310 e. The van der Waals surface area contributed by atoms with Gasteiger partial charge >= 0.3 is 11.9 Å². The van der Waals surface area contributed by atoms with Gasteiger partial charge in [-0.2, -0.15) is 0 Å². The minimum absolute atomic E-state index is 0.000417. The van der Waals surface area contributed by atoms with Crippen LogP contribution in [0.3, 0.4) is 0 Å². The van der Waals surface area contributed by atoms with Crippen LogP contribution in [0.5, 0.6) is 0 Å². The molecule has 4 aliphatic rings. The number of fused-ring (bicyclic) bond motifs is 3. The molecule has 0 heterocycles. The summed E-state index contributed by atoms with van der Waals surface area (Å²) >= 11 is 0. The molecule has 0 aromatic heterocycles. The number of aliphatic carboxylic acids is 2. The van der Waals surface area contributed by atoms with Crippen molar-refractivity contribution >= 4 is 11.9 Å². The van der Waals surface area contributed by atoms with Gasteiger partial charge in [-0.25, -0.2) is 0 Å². The molecule has 7 atom stereocenters. The normalized spacial score (nSPS) is 54.4. The summed E-state index contributed by atoms with van der Waals surface area (Å²) in [5.41, 5.74) is -2.70. The summed E-state index contributed by atoms with van der Waals surface area (Å²) in [6.07, 6.45) is 6.64. The fraction of sp³-hybridized carbons (Fsp3) is 0.900. The quantitative estimate of drug-likeness (QED) is 0.710. The zero-order chi connectivity index (χ0) is 18.3. The number of hydrogen-bond acceptors (Lipinski definition) is 3. The van der Waals surface area contributed by atoms with Gasteiger partial charge in [0.1, 0.15) is 0 Å². The van der Waals surface area contributed by atoms with Gasteiger partial charge in [-0.1, -0.05) is 6.42 Å². The van der Waals surface area contributed by atoms with Crippen molar-refractivity contribution in [2.24, 2.45) is 34.0 Å². The van der Waals surface area contributed by atoms with E-state index in [0.717, 1.165) is 25.7 Å². The van der Waals surface area contributed by atoms with E-state index in [2.05, 4.69) is 0 Å². The monoisotopic (exact) mass is 350 g/mol. The summed E-state index contributed by atoms with van der Waals surface area (Å²) in [5.74, 6) is -1.67. The Morgan fingerprint density at radius 1 is 0.920 bits per heavy atom. The molecule has 0 aromatic carbocycles. The van der Waals surface area contributed by atoms with Crippen LogP contribution in [0.2, 0.25) is 0 Å². The second kappa shape index (κ2) is 4.99. The van der Waals surface area contributed by atoms with Gasteiger partial charge < -0.3 is 15.3 Å². The highest BCUT2D eigenvalue weighted by molar-refractivity contribution is 5.81. The Labute approximate surface area is 148 Å². The molecule has 4 rings (SSSR count). The first-order valence-electron chi connectivity index (χ1n) is 9.78. The summed E-state index contributed by atoms with van der Waals surface area (Å²) in [6.45, 7) is 3.68. The largest absolute Gasteiger partial charge is 0.481 e. The molecule has 4 aliphatic carbocycles. The van der Waals surface area contributed by atoms with Crippen molar-refractivity contribution in [2.45, 2.75) is 77.2 Å². The highest BCUT2D eigenvalue weighted by Gasteiger charge is 2.71. The van der Waals surface area contributed by atoms with E-state index in [9.17, 15) is 24.9 Å². The van der Waals surface area contributed by atoms with Gasteiger partial charge in [0, 0.05) is 0 Å². The lowest BCUT2D eigenvalue weighted by Gasteiger charge is -2.62. The summed E-state index contributed by atoms with van der Waals surface area (Å²) in [5, 5.41) is 31.2.